The summed E-state index contributed by atoms with van der Waals surface area (Å²) in [6.07, 6.45) is 1.18. The number of hydrogen-bond donors (Lipinski definition) is 1. The number of amides is 1. The van der Waals surface area contributed by atoms with Gasteiger partial charge in [-0.3, -0.25) is 4.79 Å². The molecule has 7 heteroatoms. The Balaban J connectivity index is 2.41. The smallest absolute Gasteiger partial charge is 0.253 e. The maximum atomic E-state index is 13.6. The predicted molar refractivity (Wildman–Crippen MR) is 56.4 cm³/mol. The molecule has 1 aromatic heterocycles. The molecule has 2 rings (SSSR count). The lowest BCUT2D eigenvalue weighted by Gasteiger charge is -2.03. The molecule has 2 aromatic rings. The molecule has 1 heterocycles. The van der Waals surface area contributed by atoms with Gasteiger partial charge in [-0.1, -0.05) is 6.07 Å². The zero-order valence-corrected chi connectivity index (χ0v) is 8.88. The maximum absolute atomic E-state index is 13.6. The summed E-state index contributed by atoms with van der Waals surface area (Å²) < 4.78 is 13.6. The topological polar surface area (TPSA) is 80.7 Å². The number of aromatic nitrogens is 4. The van der Waals surface area contributed by atoms with Crippen molar-refractivity contribution in [1.82, 2.24) is 25.7 Å². The van der Waals surface area contributed by atoms with E-state index in [0.717, 1.165) is 0 Å². The molecule has 1 aromatic carbocycles. The van der Waals surface area contributed by atoms with Gasteiger partial charge in [0.25, 0.3) is 5.91 Å². The Morgan fingerprint density at radius 3 is 2.59 bits per heavy atom. The van der Waals surface area contributed by atoms with Gasteiger partial charge in [0.05, 0.1) is 5.56 Å². The highest BCUT2D eigenvalue weighted by atomic mass is 19.1. The number of nitrogens with one attached hydrogen (secondary N) is 1. The second kappa shape index (κ2) is 4.60. The van der Waals surface area contributed by atoms with Crippen LogP contribution in [0.4, 0.5) is 4.39 Å². The van der Waals surface area contributed by atoms with E-state index >= 15 is 0 Å². The van der Waals surface area contributed by atoms with Crippen molar-refractivity contribution < 1.29 is 9.18 Å². The molecule has 0 unspecified atom stereocenters. The van der Waals surface area contributed by atoms with Crippen LogP contribution < -0.4 is 5.32 Å². The third-order valence-electron chi connectivity index (χ3n) is 2.11. The van der Waals surface area contributed by atoms with E-state index in [9.17, 15) is 9.18 Å². The number of carbonyl (C=O) groups is 1. The standard InChI is InChI=1S/C10H8FN5O/c1-12-10(17)7-3-2-6(4-8(7)11)9-15-13-5-14-16-9/h2-5H,1H3,(H,12,17). The van der Waals surface area contributed by atoms with E-state index in [0.29, 0.717) is 5.56 Å². The number of hydrogen-bond acceptors (Lipinski definition) is 5. The zero-order valence-electron chi connectivity index (χ0n) is 8.88. The number of rotatable bonds is 2. The highest BCUT2D eigenvalue weighted by Gasteiger charge is 2.12. The Morgan fingerprint density at radius 1 is 1.29 bits per heavy atom. The first-order valence-electron chi connectivity index (χ1n) is 4.74. The quantitative estimate of drug-likeness (QED) is 0.813. The number of halogens is 1. The van der Waals surface area contributed by atoms with E-state index < -0.39 is 11.7 Å². The second-order valence-electron chi connectivity index (χ2n) is 3.14. The molecular weight excluding hydrogens is 225 g/mol. The van der Waals surface area contributed by atoms with Gasteiger partial charge in [-0.05, 0) is 12.1 Å². The Hall–Kier alpha value is -2.44. The van der Waals surface area contributed by atoms with E-state index in [4.69, 9.17) is 0 Å². The van der Waals surface area contributed by atoms with Gasteiger partial charge in [-0.2, -0.15) is 0 Å². The minimum atomic E-state index is -0.644. The minimum Gasteiger partial charge on any atom is -0.355 e. The van der Waals surface area contributed by atoms with Crippen LogP contribution in [0.3, 0.4) is 0 Å². The van der Waals surface area contributed by atoms with Gasteiger partial charge in [0.15, 0.2) is 6.33 Å². The van der Waals surface area contributed by atoms with Gasteiger partial charge in [0, 0.05) is 12.6 Å². The summed E-state index contributed by atoms with van der Waals surface area (Å²) in [5, 5.41) is 16.8. The summed E-state index contributed by atoms with van der Waals surface area (Å²) in [4.78, 5) is 11.3. The summed E-state index contributed by atoms with van der Waals surface area (Å²) in [7, 11) is 1.43. The van der Waals surface area contributed by atoms with Gasteiger partial charge in [-0.25, -0.2) is 4.39 Å². The average molecular weight is 233 g/mol. The monoisotopic (exact) mass is 233 g/mol. The number of carbonyl (C=O) groups excluding carboxylic acids is 1. The fourth-order valence-corrected chi connectivity index (χ4v) is 1.29. The van der Waals surface area contributed by atoms with Crippen LogP contribution in [0.5, 0.6) is 0 Å². The van der Waals surface area contributed by atoms with Gasteiger partial charge >= 0.3 is 0 Å². The van der Waals surface area contributed by atoms with Crippen LogP contribution in [0, 0.1) is 5.82 Å². The lowest BCUT2D eigenvalue weighted by atomic mass is 10.1. The van der Waals surface area contributed by atoms with Crippen molar-refractivity contribution in [2.45, 2.75) is 0 Å². The first-order chi connectivity index (χ1) is 8.22. The molecule has 6 nitrogen and oxygen atoms in total. The van der Waals surface area contributed by atoms with Crippen LogP contribution in [-0.4, -0.2) is 33.3 Å². The first kappa shape index (κ1) is 11.1. The molecule has 0 radical (unpaired) electrons. The fourth-order valence-electron chi connectivity index (χ4n) is 1.29. The number of benzene rings is 1. The molecule has 1 N–H and O–H groups in total. The molecule has 0 spiro atoms. The predicted octanol–water partition coefficient (Wildman–Crippen LogP) is 0.432. The van der Waals surface area contributed by atoms with Crippen LogP contribution in [0.2, 0.25) is 0 Å². The van der Waals surface area contributed by atoms with E-state index in [1.807, 2.05) is 0 Å². The largest absolute Gasteiger partial charge is 0.355 e. The van der Waals surface area contributed by atoms with E-state index in [-0.39, 0.29) is 11.4 Å². The van der Waals surface area contributed by atoms with E-state index in [2.05, 4.69) is 25.7 Å². The van der Waals surface area contributed by atoms with Crippen LogP contribution in [-0.2, 0) is 0 Å². The minimum absolute atomic E-state index is 0.0342. The number of nitrogens with zero attached hydrogens (tertiary/aromatic N) is 4. The molecule has 0 fully saturated rings. The summed E-state index contributed by atoms with van der Waals surface area (Å²) in [6.45, 7) is 0. The third kappa shape index (κ3) is 2.22. The molecule has 0 atom stereocenters. The van der Waals surface area contributed by atoms with Crippen molar-refractivity contribution >= 4 is 5.91 Å². The molecule has 0 saturated carbocycles. The van der Waals surface area contributed by atoms with Crippen molar-refractivity contribution in [3.05, 3.63) is 35.9 Å². The first-order valence-corrected chi connectivity index (χ1v) is 4.74. The summed E-state index contributed by atoms with van der Waals surface area (Å²) in [5.74, 6) is -0.927. The molecule has 0 bridgehead atoms. The van der Waals surface area contributed by atoms with Crippen LogP contribution in [0.1, 0.15) is 10.4 Å². The fraction of sp³-hybridized carbons (Fsp3) is 0.100. The van der Waals surface area contributed by atoms with Gasteiger partial charge < -0.3 is 5.32 Å². The van der Waals surface area contributed by atoms with E-state index in [1.54, 1.807) is 0 Å². The Bertz CT molecular complexity index is 546. The van der Waals surface area contributed by atoms with Crippen molar-refractivity contribution in [3.63, 3.8) is 0 Å². The Morgan fingerprint density at radius 2 is 2.00 bits per heavy atom. The summed E-state index contributed by atoms with van der Waals surface area (Å²) in [6, 6.07) is 4.06. The molecule has 0 aliphatic heterocycles. The normalized spacial score (nSPS) is 10.0. The average Bonchev–Trinajstić information content (AvgIpc) is 2.39. The van der Waals surface area contributed by atoms with Gasteiger partial charge in [0.2, 0.25) is 5.82 Å². The highest BCUT2D eigenvalue weighted by Crippen LogP contribution is 2.17. The second-order valence-corrected chi connectivity index (χ2v) is 3.14. The highest BCUT2D eigenvalue weighted by molar-refractivity contribution is 5.94. The lowest BCUT2D eigenvalue weighted by molar-refractivity contribution is 0.0959. The zero-order chi connectivity index (χ0) is 12.3. The van der Waals surface area contributed by atoms with Crippen LogP contribution >= 0.6 is 0 Å². The van der Waals surface area contributed by atoms with Crippen molar-refractivity contribution in [1.29, 1.82) is 0 Å². The van der Waals surface area contributed by atoms with Crippen molar-refractivity contribution in [2.75, 3.05) is 7.05 Å². The maximum Gasteiger partial charge on any atom is 0.253 e. The lowest BCUT2D eigenvalue weighted by Crippen LogP contribution is -2.19. The Labute approximate surface area is 95.9 Å². The van der Waals surface area contributed by atoms with E-state index in [1.165, 1.54) is 31.6 Å². The van der Waals surface area contributed by atoms with Crippen LogP contribution in [0.25, 0.3) is 11.4 Å². The summed E-state index contributed by atoms with van der Waals surface area (Å²) in [5.41, 5.74) is 0.379. The SMILES string of the molecule is CNC(=O)c1ccc(-c2nncnn2)cc1F. The molecule has 86 valence electrons. The van der Waals surface area contributed by atoms with Gasteiger partial charge in [-0.15, -0.1) is 20.4 Å². The van der Waals surface area contributed by atoms with Gasteiger partial charge in [0.1, 0.15) is 5.82 Å². The molecule has 0 saturated heterocycles. The molecule has 0 aliphatic rings. The molecule has 17 heavy (non-hydrogen) atoms. The van der Waals surface area contributed by atoms with Crippen LogP contribution in [0.15, 0.2) is 24.5 Å². The Kier molecular flexibility index (Phi) is 2.99. The molecule has 0 aliphatic carbocycles. The molecular formula is C10H8FN5O. The molecule has 1 amide bonds. The van der Waals surface area contributed by atoms with Crippen molar-refractivity contribution in [2.24, 2.45) is 0 Å². The third-order valence-corrected chi connectivity index (χ3v) is 2.11. The van der Waals surface area contributed by atoms with Crippen molar-refractivity contribution in [3.8, 4) is 11.4 Å². The summed E-state index contributed by atoms with van der Waals surface area (Å²) >= 11 is 0.